The van der Waals surface area contributed by atoms with Crippen molar-refractivity contribution in [3.63, 3.8) is 0 Å². The Morgan fingerprint density at radius 3 is 2.32 bits per heavy atom. The molecule has 1 amide bonds. The lowest BCUT2D eigenvalue weighted by Gasteiger charge is -2.17. The standard InChI is InChI=1S/C22H21NO5/c1-22(2,3)21(26)23-16-10-8-14(9-11-16)17(24)13-27-20(25)19-12-15-6-4-5-7-18(15)28-19/h4-12H,13H2,1-3H3,(H,23,26). The lowest BCUT2D eigenvalue weighted by molar-refractivity contribution is -0.123. The summed E-state index contributed by atoms with van der Waals surface area (Å²) in [6.45, 7) is 5.05. The molecule has 0 bridgehead atoms. The van der Waals surface area contributed by atoms with E-state index in [0.29, 0.717) is 16.8 Å². The molecule has 6 heteroatoms. The van der Waals surface area contributed by atoms with E-state index >= 15 is 0 Å². The van der Waals surface area contributed by atoms with Gasteiger partial charge < -0.3 is 14.5 Å². The van der Waals surface area contributed by atoms with Gasteiger partial charge >= 0.3 is 5.97 Å². The van der Waals surface area contributed by atoms with Crippen LogP contribution in [0, 0.1) is 5.41 Å². The molecule has 0 saturated carbocycles. The number of ketones is 1. The van der Waals surface area contributed by atoms with Crippen molar-refractivity contribution in [2.75, 3.05) is 11.9 Å². The number of esters is 1. The Bertz CT molecular complexity index is 992. The van der Waals surface area contributed by atoms with Crippen LogP contribution in [-0.2, 0) is 9.53 Å². The number of anilines is 1. The van der Waals surface area contributed by atoms with Crippen LogP contribution in [0.15, 0.2) is 59.0 Å². The van der Waals surface area contributed by atoms with Gasteiger partial charge in [-0.15, -0.1) is 0 Å². The maximum absolute atomic E-state index is 12.3. The number of carbonyl (C=O) groups excluding carboxylic acids is 3. The molecule has 0 radical (unpaired) electrons. The van der Waals surface area contributed by atoms with E-state index in [1.807, 2.05) is 32.9 Å². The van der Waals surface area contributed by atoms with Gasteiger partial charge in [-0.25, -0.2) is 4.79 Å². The van der Waals surface area contributed by atoms with Gasteiger partial charge in [0.05, 0.1) is 0 Å². The van der Waals surface area contributed by atoms with E-state index in [4.69, 9.17) is 9.15 Å². The summed E-state index contributed by atoms with van der Waals surface area (Å²) in [6.07, 6.45) is 0. The quantitative estimate of drug-likeness (QED) is 0.523. The number of amides is 1. The highest BCUT2D eigenvalue weighted by Crippen LogP contribution is 2.20. The molecule has 1 aromatic heterocycles. The summed E-state index contributed by atoms with van der Waals surface area (Å²) in [5.41, 5.74) is 1.04. The van der Waals surface area contributed by atoms with Crippen LogP contribution in [-0.4, -0.2) is 24.3 Å². The van der Waals surface area contributed by atoms with Crippen molar-refractivity contribution >= 4 is 34.3 Å². The van der Waals surface area contributed by atoms with Gasteiger partial charge in [-0.1, -0.05) is 39.0 Å². The van der Waals surface area contributed by atoms with Crippen molar-refractivity contribution in [2.24, 2.45) is 5.41 Å². The van der Waals surface area contributed by atoms with Crippen molar-refractivity contribution in [3.05, 3.63) is 65.9 Å². The third-order valence-electron chi connectivity index (χ3n) is 4.11. The number of carbonyl (C=O) groups is 3. The molecule has 0 saturated heterocycles. The molecule has 1 heterocycles. The summed E-state index contributed by atoms with van der Waals surface area (Å²) in [7, 11) is 0. The zero-order chi connectivity index (χ0) is 20.3. The van der Waals surface area contributed by atoms with Crippen molar-refractivity contribution in [2.45, 2.75) is 20.8 Å². The molecule has 1 N–H and O–H groups in total. The van der Waals surface area contributed by atoms with Crippen LogP contribution >= 0.6 is 0 Å². The highest BCUT2D eigenvalue weighted by molar-refractivity contribution is 6.00. The lowest BCUT2D eigenvalue weighted by Crippen LogP contribution is -2.27. The van der Waals surface area contributed by atoms with Gasteiger partial charge in [0.2, 0.25) is 11.7 Å². The number of hydrogen-bond acceptors (Lipinski definition) is 5. The van der Waals surface area contributed by atoms with E-state index in [9.17, 15) is 14.4 Å². The maximum atomic E-state index is 12.3. The fraction of sp³-hybridized carbons (Fsp3) is 0.227. The minimum Gasteiger partial charge on any atom is -0.451 e. The third kappa shape index (κ3) is 4.46. The summed E-state index contributed by atoms with van der Waals surface area (Å²) in [4.78, 5) is 36.3. The number of furan rings is 1. The van der Waals surface area contributed by atoms with Gasteiger partial charge in [0, 0.05) is 22.1 Å². The summed E-state index contributed by atoms with van der Waals surface area (Å²) >= 11 is 0. The lowest BCUT2D eigenvalue weighted by atomic mass is 9.95. The second kappa shape index (κ2) is 7.68. The molecule has 3 rings (SSSR count). The molecular formula is C22H21NO5. The molecule has 0 aliphatic heterocycles. The van der Waals surface area contributed by atoms with E-state index in [0.717, 1.165) is 5.39 Å². The molecule has 144 valence electrons. The van der Waals surface area contributed by atoms with Crippen LogP contribution in [0.4, 0.5) is 5.69 Å². The van der Waals surface area contributed by atoms with Gasteiger partial charge in [-0.3, -0.25) is 9.59 Å². The molecule has 0 aliphatic carbocycles. The highest BCUT2D eigenvalue weighted by Gasteiger charge is 2.21. The Morgan fingerprint density at radius 2 is 1.68 bits per heavy atom. The molecule has 0 spiro atoms. The summed E-state index contributed by atoms with van der Waals surface area (Å²) in [6, 6.07) is 15.2. The minimum atomic E-state index is -0.696. The molecule has 0 aliphatic rings. The van der Waals surface area contributed by atoms with Crippen LogP contribution in [0.25, 0.3) is 11.0 Å². The SMILES string of the molecule is CC(C)(C)C(=O)Nc1ccc(C(=O)COC(=O)c2cc3ccccc3o2)cc1. The smallest absolute Gasteiger partial charge is 0.374 e. The van der Waals surface area contributed by atoms with Crippen LogP contribution in [0.1, 0.15) is 41.7 Å². The van der Waals surface area contributed by atoms with E-state index in [2.05, 4.69) is 5.32 Å². The Balaban J connectivity index is 1.58. The zero-order valence-corrected chi connectivity index (χ0v) is 15.9. The average Bonchev–Trinajstić information content (AvgIpc) is 3.10. The normalized spacial score (nSPS) is 11.2. The van der Waals surface area contributed by atoms with E-state index < -0.39 is 18.0 Å². The van der Waals surface area contributed by atoms with E-state index in [-0.39, 0.29) is 17.5 Å². The first kappa shape index (κ1) is 19.4. The van der Waals surface area contributed by atoms with Crippen molar-refractivity contribution in [1.82, 2.24) is 0 Å². The van der Waals surface area contributed by atoms with Crippen LogP contribution < -0.4 is 5.32 Å². The number of fused-ring (bicyclic) bond motifs is 1. The Morgan fingerprint density at radius 1 is 1.00 bits per heavy atom. The Hall–Kier alpha value is -3.41. The third-order valence-corrected chi connectivity index (χ3v) is 4.11. The summed E-state index contributed by atoms with van der Waals surface area (Å²) in [5.74, 6) is -1.11. The molecule has 6 nitrogen and oxygen atoms in total. The molecule has 0 fully saturated rings. The Kier molecular flexibility index (Phi) is 5.31. The molecule has 2 aromatic carbocycles. The molecular weight excluding hydrogens is 358 g/mol. The Labute approximate surface area is 162 Å². The number of ether oxygens (including phenoxy) is 1. The first-order valence-corrected chi connectivity index (χ1v) is 8.84. The maximum Gasteiger partial charge on any atom is 0.374 e. The zero-order valence-electron chi connectivity index (χ0n) is 15.9. The van der Waals surface area contributed by atoms with Gasteiger partial charge in [0.25, 0.3) is 0 Å². The van der Waals surface area contributed by atoms with Crippen LogP contribution in [0.3, 0.4) is 0 Å². The van der Waals surface area contributed by atoms with Crippen molar-refractivity contribution in [1.29, 1.82) is 0 Å². The number of Topliss-reactive ketones (excluding diaryl/α,β-unsaturated/α-hetero) is 1. The van der Waals surface area contributed by atoms with Gasteiger partial charge in [0.15, 0.2) is 12.4 Å². The number of para-hydroxylation sites is 1. The van der Waals surface area contributed by atoms with Crippen LogP contribution in [0.5, 0.6) is 0 Å². The number of nitrogens with one attached hydrogen (secondary N) is 1. The number of rotatable bonds is 5. The first-order valence-electron chi connectivity index (χ1n) is 8.84. The largest absolute Gasteiger partial charge is 0.451 e. The van der Waals surface area contributed by atoms with Crippen molar-refractivity contribution < 1.29 is 23.5 Å². The number of hydrogen-bond donors (Lipinski definition) is 1. The number of benzene rings is 2. The van der Waals surface area contributed by atoms with E-state index in [1.54, 1.807) is 42.5 Å². The molecule has 0 unspecified atom stereocenters. The molecule has 0 atom stereocenters. The fourth-order valence-corrected chi connectivity index (χ4v) is 2.43. The second-order valence-electron chi connectivity index (χ2n) is 7.43. The second-order valence-corrected chi connectivity index (χ2v) is 7.43. The van der Waals surface area contributed by atoms with Crippen molar-refractivity contribution in [3.8, 4) is 0 Å². The molecule has 3 aromatic rings. The summed E-state index contributed by atoms with van der Waals surface area (Å²) in [5, 5.41) is 3.57. The van der Waals surface area contributed by atoms with Gasteiger partial charge in [0.1, 0.15) is 5.58 Å². The predicted molar refractivity (Wildman–Crippen MR) is 105 cm³/mol. The van der Waals surface area contributed by atoms with E-state index in [1.165, 1.54) is 0 Å². The van der Waals surface area contributed by atoms with Gasteiger partial charge in [-0.05, 0) is 36.4 Å². The molecule has 28 heavy (non-hydrogen) atoms. The minimum absolute atomic E-state index is 0.0502. The fourth-order valence-electron chi connectivity index (χ4n) is 2.43. The van der Waals surface area contributed by atoms with Gasteiger partial charge in [-0.2, -0.15) is 0 Å². The van der Waals surface area contributed by atoms with Crippen LogP contribution in [0.2, 0.25) is 0 Å². The highest BCUT2D eigenvalue weighted by atomic mass is 16.5. The first-order chi connectivity index (χ1) is 13.2. The topological polar surface area (TPSA) is 85.6 Å². The monoisotopic (exact) mass is 379 g/mol. The predicted octanol–water partition coefficient (Wildman–Crippen LogP) is 4.46. The average molecular weight is 379 g/mol. The summed E-state index contributed by atoms with van der Waals surface area (Å²) < 4.78 is 10.5.